The number of hydrogen-bond donors (Lipinski definition) is 0. The molecule has 4 rings (SSSR count). The third-order valence-electron chi connectivity index (χ3n) is 3.99. The van der Waals surface area contributed by atoms with E-state index in [0.717, 1.165) is 4.90 Å². The number of benzene rings is 2. The van der Waals surface area contributed by atoms with E-state index in [1.807, 2.05) is 0 Å². The summed E-state index contributed by atoms with van der Waals surface area (Å²) in [5.74, 6) is -1.04. The van der Waals surface area contributed by atoms with Gasteiger partial charge in [0.05, 0.1) is 22.2 Å². The molecule has 2 heterocycles. The Morgan fingerprint density at radius 2 is 1.71 bits per heavy atom. The average molecular weight is 319 g/mol. The highest BCUT2D eigenvalue weighted by Gasteiger charge is 2.35. The predicted molar refractivity (Wildman–Crippen MR) is 86.0 cm³/mol. The number of nitrogens with zero attached hydrogens (tertiary/aromatic N) is 3. The average Bonchev–Trinajstić information content (AvgIpc) is 2.60. The van der Waals surface area contributed by atoms with E-state index in [1.165, 1.54) is 18.3 Å². The first kappa shape index (κ1) is 14.0. The zero-order chi connectivity index (χ0) is 16.8. The smallest absolute Gasteiger partial charge is 0.268 e. The van der Waals surface area contributed by atoms with Crippen molar-refractivity contribution in [3.8, 4) is 0 Å². The van der Waals surface area contributed by atoms with E-state index >= 15 is 0 Å². The molecule has 0 bridgehead atoms. The Hall–Kier alpha value is -3.61. The van der Waals surface area contributed by atoms with Crippen LogP contribution >= 0.6 is 0 Å². The summed E-state index contributed by atoms with van der Waals surface area (Å²) >= 11 is 0. The van der Waals surface area contributed by atoms with Crippen LogP contribution in [0.25, 0.3) is 10.8 Å². The van der Waals surface area contributed by atoms with Crippen molar-refractivity contribution in [1.82, 2.24) is 4.98 Å². The lowest BCUT2D eigenvalue weighted by Gasteiger charge is -2.26. The van der Waals surface area contributed by atoms with Gasteiger partial charge < -0.3 is 0 Å². The summed E-state index contributed by atoms with van der Waals surface area (Å²) in [5, 5.41) is 11.8. The van der Waals surface area contributed by atoms with E-state index in [2.05, 4.69) is 4.98 Å². The first-order chi connectivity index (χ1) is 11.6. The molecule has 1 aliphatic heterocycles. The second-order valence-electron chi connectivity index (χ2n) is 5.27. The number of aromatic nitrogens is 1. The molecule has 0 saturated heterocycles. The number of imide groups is 1. The fraction of sp³-hybridized carbons (Fsp3) is 0. The van der Waals surface area contributed by atoms with Gasteiger partial charge in [0.2, 0.25) is 0 Å². The van der Waals surface area contributed by atoms with Gasteiger partial charge in [0.25, 0.3) is 17.5 Å². The molecule has 0 atom stereocenters. The van der Waals surface area contributed by atoms with Gasteiger partial charge in [0, 0.05) is 28.8 Å². The van der Waals surface area contributed by atoms with Crippen LogP contribution in [0.2, 0.25) is 0 Å². The summed E-state index contributed by atoms with van der Waals surface area (Å²) in [6.07, 6.45) is 2.97. The second kappa shape index (κ2) is 4.95. The predicted octanol–water partition coefficient (Wildman–Crippen LogP) is 2.94. The number of carbonyl (C=O) groups is 2. The molecule has 1 aliphatic rings. The number of nitro benzene ring substituents is 1. The van der Waals surface area contributed by atoms with Crippen LogP contribution in [-0.4, -0.2) is 21.7 Å². The van der Waals surface area contributed by atoms with Gasteiger partial charge in [-0.2, -0.15) is 0 Å². The Kier molecular flexibility index (Phi) is 2.89. The summed E-state index contributed by atoms with van der Waals surface area (Å²) in [5.41, 5.74) is 0.740. The topological polar surface area (TPSA) is 93.4 Å². The molecule has 0 radical (unpaired) electrons. The quantitative estimate of drug-likeness (QED) is 0.411. The molecule has 2 aromatic carbocycles. The van der Waals surface area contributed by atoms with Crippen molar-refractivity contribution in [3.05, 3.63) is 76.1 Å². The highest BCUT2D eigenvalue weighted by molar-refractivity contribution is 6.36. The summed E-state index contributed by atoms with van der Waals surface area (Å²) in [4.78, 5) is 41.3. The van der Waals surface area contributed by atoms with Crippen molar-refractivity contribution in [2.45, 2.75) is 0 Å². The minimum atomic E-state index is -0.522. The highest BCUT2D eigenvalue weighted by Crippen LogP contribution is 2.36. The minimum Gasteiger partial charge on any atom is -0.268 e. The van der Waals surface area contributed by atoms with Gasteiger partial charge in [0.15, 0.2) is 0 Å². The van der Waals surface area contributed by atoms with Gasteiger partial charge in [-0.3, -0.25) is 24.7 Å². The lowest BCUT2D eigenvalue weighted by Crippen LogP contribution is -2.40. The Morgan fingerprint density at radius 3 is 2.38 bits per heavy atom. The number of amides is 2. The molecular weight excluding hydrogens is 310 g/mol. The van der Waals surface area contributed by atoms with Gasteiger partial charge in [-0.05, 0) is 30.3 Å². The molecule has 0 aliphatic carbocycles. The van der Waals surface area contributed by atoms with Crippen molar-refractivity contribution in [3.63, 3.8) is 0 Å². The molecule has 24 heavy (non-hydrogen) atoms. The summed E-state index contributed by atoms with van der Waals surface area (Å²) in [7, 11) is 0. The molecule has 7 nitrogen and oxygen atoms in total. The number of non-ortho nitro benzene ring substituents is 1. The van der Waals surface area contributed by atoms with Gasteiger partial charge in [-0.1, -0.05) is 6.07 Å². The van der Waals surface area contributed by atoms with Crippen LogP contribution < -0.4 is 4.90 Å². The van der Waals surface area contributed by atoms with Crippen LogP contribution in [0.1, 0.15) is 20.7 Å². The number of rotatable bonds is 2. The SMILES string of the molecule is O=C1c2cccc3c([N+](=O)[O-])ccc(c23)C(=O)N1c1cccnc1. The Balaban J connectivity index is 2.03. The van der Waals surface area contributed by atoms with Crippen molar-refractivity contribution in [2.75, 3.05) is 4.90 Å². The van der Waals surface area contributed by atoms with Gasteiger partial charge in [-0.15, -0.1) is 0 Å². The molecule has 0 spiro atoms. The van der Waals surface area contributed by atoms with E-state index in [9.17, 15) is 19.7 Å². The lowest BCUT2D eigenvalue weighted by molar-refractivity contribution is -0.383. The fourth-order valence-corrected chi connectivity index (χ4v) is 2.96. The molecule has 3 aromatic rings. The lowest BCUT2D eigenvalue weighted by atomic mass is 9.93. The zero-order valence-electron chi connectivity index (χ0n) is 12.2. The maximum absolute atomic E-state index is 12.8. The van der Waals surface area contributed by atoms with E-state index in [-0.39, 0.29) is 22.2 Å². The first-order valence-electron chi connectivity index (χ1n) is 7.08. The molecule has 0 N–H and O–H groups in total. The number of hydrogen-bond acceptors (Lipinski definition) is 5. The van der Waals surface area contributed by atoms with Crippen LogP contribution in [0.3, 0.4) is 0 Å². The summed E-state index contributed by atoms with van der Waals surface area (Å²) in [6, 6.07) is 10.6. The van der Waals surface area contributed by atoms with Crippen molar-refractivity contribution in [2.24, 2.45) is 0 Å². The van der Waals surface area contributed by atoms with Crippen LogP contribution in [0.4, 0.5) is 11.4 Å². The number of pyridine rings is 1. The molecule has 116 valence electrons. The molecule has 0 unspecified atom stereocenters. The highest BCUT2D eigenvalue weighted by atomic mass is 16.6. The standard InChI is InChI=1S/C17H9N3O4/c21-16-12-5-1-4-11-14(20(23)24)7-6-13(15(11)12)17(22)19(16)10-3-2-8-18-9-10/h1-9H. The normalized spacial score (nSPS) is 13.4. The Morgan fingerprint density at radius 1 is 0.958 bits per heavy atom. The maximum Gasteiger partial charge on any atom is 0.277 e. The van der Waals surface area contributed by atoms with Crippen LogP contribution in [0.5, 0.6) is 0 Å². The van der Waals surface area contributed by atoms with Crippen molar-refractivity contribution < 1.29 is 14.5 Å². The van der Waals surface area contributed by atoms with E-state index in [0.29, 0.717) is 11.1 Å². The molecular formula is C17H9N3O4. The van der Waals surface area contributed by atoms with E-state index in [4.69, 9.17) is 0 Å². The molecule has 1 aromatic heterocycles. The second-order valence-corrected chi connectivity index (χ2v) is 5.27. The summed E-state index contributed by atoms with van der Waals surface area (Å²) in [6.45, 7) is 0. The number of anilines is 1. The van der Waals surface area contributed by atoms with Crippen LogP contribution in [0, 0.1) is 10.1 Å². The zero-order valence-corrected chi connectivity index (χ0v) is 12.2. The van der Waals surface area contributed by atoms with Crippen LogP contribution in [0.15, 0.2) is 54.9 Å². The fourth-order valence-electron chi connectivity index (χ4n) is 2.96. The molecule has 0 fully saturated rings. The molecule has 0 saturated carbocycles. The Labute approximate surface area is 135 Å². The van der Waals surface area contributed by atoms with Gasteiger partial charge in [0.1, 0.15) is 0 Å². The van der Waals surface area contributed by atoms with E-state index < -0.39 is 16.7 Å². The Bertz CT molecular complexity index is 1010. The van der Waals surface area contributed by atoms with Gasteiger partial charge >= 0.3 is 0 Å². The monoisotopic (exact) mass is 319 g/mol. The minimum absolute atomic E-state index is 0.133. The van der Waals surface area contributed by atoms with Gasteiger partial charge in [-0.25, -0.2) is 4.90 Å². The van der Waals surface area contributed by atoms with Crippen molar-refractivity contribution in [1.29, 1.82) is 0 Å². The largest absolute Gasteiger partial charge is 0.277 e. The maximum atomic E-state index is 12.8. The molecule has 2 amide bonds. The summed E-state index contributed by atoms with van der Waals surface area (Å²) < 4.78 is 0. The third kappa shape index (κ3) is 1.81. The number of nitro groups is 1. The van der Waals surface area contributed by atoms with Crippen molar-refractivity contribution >= 4 is 34.0 Å². The van der Waals surface area contributed by atoms with Crippen LogP contribution in [-0.2, 0) is 0 Å². The molecule has 7 heteroatoms. The third-order valence-corrected chi connectivity index (χ3v) is 3.99. The van der Waals surface area contributed by atoms with E-state index in [1.54, 1.807) is 36.5 Å². The first-order valence-corrected chi connectivity index (χ1v) is 7.08. The number of carbonyl (C=O) groups excluding carboxylic acids is 2.